The molecule has 1 amide bonds. The third-order valence-corrected chi connectivity index (χ3v) is 2.39. The lowest BCUT2D eigenvalue weighted by molar-refractivity contribution is -0.385. The number of nitro groups is 1. The number of rotatable bonds is 7. The van der Waals surface area contributed by atoms with Gasteiger partial charge in [-0.05, 0) is 19.9 Å². The summed E-state index contributed by atoms with van der Waals surface area (Å²) in [7, 11) is 0. The third-order valence-electron chi connectivity index (χ3n) is 2.39. The molecule has 0 aliphatic heterocycles. The van der Waals surface area contributed by atoms with E-state index in [0.29, 0.717) is 25.3 Å². The van der Waals surface area contributed by atoms with E-state index in [-0.39, 0.29) is 18.0 Å². The zero-order valence-corrected chi connectivity index (χ0v) is 10.3. The van der Waals surface area contributed by atoms with Crippen LogP contribution in [0.4, 0.5) is 5.69 Å². The molecule has 0 atom stereocenters. The van der Waals surface area contributed by atoms with E-state index < -0.39 is 4.92 Å². The van der Waals surface area contributed by atoms with Crippen molar-refractivity contribution in [3.63, 3.8) is 0 Å². The van der Waals surface area contributed by atoms with Crippen molar-refractivity contribution in [2.75, 3.05) is 13.1 Å². The van der Waals surface area contributed by atoms with Crippen LogP contribution in [0.25, 0.3) is 0 Å². The van der Waals surface area contributed by atoms with Gasteiger partial charge in [-0.2, -0.15) is 5.10 Å². The summed E-state index contributed by atoms with van der Waals surface area (Å²) in [6.07, 6.45) is 2.31. The molecule has 8 nitrogen and oxygen atoms in total. The van der Waals surface area contributed by atoms with E-state index in [9.17, 15) is 14.9 Å². The Labute approximate surface area is 104 Å². The number of nitrogens with two attached hydrogens (primary N) is 1. The van der Waals surface area contributed by atoms with Crippen LogP contribution in [-0.2, 0) is 11.3 Å². The maximum atomic E-state index is 11.4. The molecule has 1 rings (SSSR count). The molecule has 8 heteroatoms. The summed E-state index contributed by atoms with van der Waals surface area (Å²) in [5.41, 5.74) is 5.62. The second-order valence-corrected chi connectivity index (χ2v) is 3.86. The summed E-state index contributed by atoms with van der Waals surface area (Å²) in [5.74, 6) is -0.112. The largest absolute Gasteiger partial charge is 0.356 e. The van der Waals surface area contributed by atoms with Crippen molar-refractivity contribution >= 4 is 11.6 Å². The summed E-state index contributed by atoms with van der Waals surface area (Å²) in [5, 5.41) is 17.3. The Hall–Kier alpha value is -1.96. The molecule has 1 aromatic rings. The molecule has 0 aliphatic rings. The molecule has 1 aromatic heterocycles. The Kier molecular flexibility index (Phi) is 5.25. The lowest BCUT2D eigenvalue weighted by Gasteiger charge is -2.03. The van der Waals surface area contributed by atoms with E-state index in [0.717, 1.165) is 6.42 Å². The highest BCUT2D eigenvalue weighted by molar-refractivity contribution is 5.75. The van der Waals surface area contributed by atoms with Crippen LogP contribution < -0.4 is 11.1 Å². The van der Waals surface area contributed by atoms with Gasteiger partial charge < -0.3 is 11.1 Å². The van der Waals surface area contributed by atoms with Crippen molar-refractivity contribution in [1.82, 2.24) is 15.1 Å². The zero-order valence-electron chi connectivity index (χ0n) is 10.3. The van der Waals surface area contributed by atoms with Crippen molar-refractivity contribution in [3.05, 3.63) is 22.0 Å². The monoisotopic (exact) mass is 255 g/mol. The first-order valence-electron chi connectivity index (χ1n) is 5.69. The molecule has 0 unspecified atom stereocenters. The summed E-state index contributed by atoms with van der Waals surface area (Å²) < 4.78 is 1.41. The average molecular weight is 255 g/mol. The number of aromatic nitrogens is 2. The van der Waals surface area contributed by atoms with Crippen LogP contribution in [-0.4, -0.2) is 33.7 Å². The highest BCUT2D eigenvalue weighted by atomic mass is 16.6. The molecule has 0 saturated carbocycles. The fourth-order valence-electron chi connectivity index (χ4n) is 1.44. The van der Waals surface area contributed by atoms with Crippen LogP contribution in [0.2, 0.25) is 0 Å². The lowest BCUT2D eigenvalue weighted by atomic mass is 10.3. The van der Waals surface area contributed by atoms with E-state index in [1.165, 1.54) is 10.9 Å². The van der Waals surface area contributed by atoms with Gasteiger partial charge in [0.25, 0.3) is 0 Å². The Morgan fingerprint density at radius 1 is 1.67 bits per heavy atom. The number of nitrogens with one attached hydrogen (secondary N) is 1. The third kappa shape index (κ3) is 4.13. The van der Waals surface area contributed by atoms with Crippen molar-refractivity contribution in [3.8, 4) is 0 Å². The number of amides is 1. The average Bonchev–Trinajstić information content (AvgIpc) is 2.68. The molecular weight excluding hydrogens is 238 g/mol. The first kappa shape index (κ1) is 14.1. The van der Waals surface area contributed by atoms with Crippen LogP contribution >= 0.6 is 0 Å². The SMILES string of the molecule is Cc1nn(CCC(=O)NCCCN)cc1[N+](=O)[O-]. The quantitative estimate of drug-likeness (QED) is 0.402. The normalized spacial score (nSPS) is 10.3. The van der Waals surface area contributed by atoms with Crippen LogP contribution in [0.1, 0.15) is 18.5 Å². The van der Waals surface area contributed by atoms with E-state index in [1.807, 2.05) is 0 Å². The van der Waals surface area contributed by atoms with E-state index in [1.54, 1.807) is 6.92 Å². The van der Waals surface area contributed by atoms with Crippen molar-refractivity contribution in [2.24, 2.45) is 5.73 Å². The highest BCUT2D eigenvalue weighted by Gasteiger charge is 2.15. The predicted molar refractivity (Wildman–Crippen MR) is 64.9 cm³/mol. The second-order valence-electron chi connectivity index (χ2n) is 3.86. The minimum atomic E-state index is -0.486. The summed E-state index contributed by atoms with van der Waals surface area (Å²) >= 11 is 0. The van der Waals surface area contributed by atoms with Crippen LogP contribution in [0.5, 0.6) is 0 Å². The van der Waals surface area contributed by atoms with Gasteiger partial charge in [-0.25, -0.2) is 0 Å². The molecule has 0 aromatic carbocycles. The fourth-order valence-corrected chi connectivity index (χ4v) is 1.44. The molecule has 0 aliphatic carbocycles. The van der Waals surface area contributed by atoms with Crippen molar-refractivity contribution in [1.29, 1.82) is 0 Å². The van der Waals surface area contributed by atoms with Gasteiger partial charge in [0.15, 0.2) is 0 Å². The van der Waals surface area contributed by atoms with Crippen molar-refractivity contribution in [2.45, 2.75) is 26.3 Å². The molecule has 0 bridgehead atoms. The first-order chi connectivity index (χ1) is 8.54. The standard InChI is InChI=1S/C10H17N5O3/c1-8-9(15(17)18)7-14(13-8)6-3-10(16)12-5-2-4-11/h7H,2-6,11H2,1H3,(H,12,16). The van der Waals surface area contributed by atoms with Gasteiger partial charge in [-0.1, -0.05) is 0 Å². The Morgan fingerprint density at radius 3 is 2.94 bits per heavy atom. The van der Waals surface area contributed by atoms with Crippen molar-refractivity contribution < 1.29 is 9.72 Å². The molecule has 0 spiro atoms. The minimum absolute atomic E-state index is 0.0291. The Balaban J connectivity index is 2.41. The number of nitrogens with zero attached hydrogens (tertiary/aromatic N) is 3. The molecule has 0 radical (unpaired) electrons. The smallest absolute Gasteiger partial charge is 0.309 e. The summed E-state index contributed by atoms with van der Waals surface area (Å²) in [6.45, 7) is 2.97. The first-order valence-corrected chi connectivity index (χ1v) is 5.69. The molecule has 0 saturated heterocycles. The fraction of sp³-hybridized carbons (Fsp3) is 0.600. The summed E-state index contributed by atoms with van der Waals surface area (Å²) in [4.78, 5) is 21.5. The van der Waals surface area contributed by atoms with E-state index in [4.69, 9.17) is 5.73 Å². The van der Waals surface area contributed by atoms with Crippen LogP contribution in [0, 0.1) is 17.0 Å². The van der Waals surface area contributed by atoms with Crippen LogP contribution in [0.15, 0.2) is 6.20 Å². The second kappa shape index (κ2) is 6.70. The van der Waals surface area contributed by atoms with Gasteiger partial charge in [-0.3, -0.25) is 19.6 Å². The molecule has 100 valence electrons. The topological polar surface area (TPSA) is 116 Å². The van der Waals surface area contributed by atoms with Gasteiger partial charge in [0, 0.05) is 19.5 Å². The van der Waals surface area contributed by atoms with E-state index in [2.05, 4.69) is 10.4 Å². The minimum Gasteiger partial charge on any atom is -0.356 e. The van der Waals surface area contributed by atoms with Gasteiger partial charge in [0.05, 0.1) is 4.92 Å². The van der Waals surface area contributed by atoms with Gasteiger partial charge >= 0.3 is 5.69 Å². The molecule has 3 N–H and O–H groups in total. The molecule has 1 heterocycles. The van der Waals surface area contributed by atoms with Gasteiger partial charge in [0.1, 0.15) is 11.9 Å². The van der Waals surface area contributed by atoms with E-state index >= 15 is 0 Å². The number of carbonyl (C=O) groups is 1. The predicted octanol–water partition coefficient (Wildman–Crippen LogP) is -0.0452. The molecular formula is C10H17N5O3. The molecule has 18 heavy (non-hydrogen) atoms. The molecule has 0 fully saturated rings. The summed E-state index contributed by atoms with van der Waals surface area (Å²) in [6, 6.07) is 0. The van der Waals surface area contributed by atoms with Gasteiger partial charge in [-0.15, -0.1) is 0 Å². The van der Waals surface area contributed by atoms with Gasteiger partial charge in [0.2, 0.25) is 5.91 Å². The number of hydrogen-bond acceptors (Lipinski definition) is 5. The zero-order chi connectivity index (χ0) is 13.5. The van der Waals surface area contributed by atoms with Crippen LogP contribution in [0.3, 0.4) is 0 Å². The number of carbonyl (C=O) groups excluding carboxylic acids is 1. The Bertz CT molecular complexity index is 429. The number of aryl methyl sites for hydroxylation is 2. The maximum Gasteiger partial charge on any atom is 0.309 e. The number of hydrogen-bond donors (Lipinski definition) is 2. The lowest BCUT2D eigenvalue weighted by Crippen LogP contribution is -2.26. The Morgan fingerprint density at radius 2 is 2.39 bits per heavy atom. The maximum absolute atomic E-state index is 11.4. The highest BCUT2D eigenvalue weighted by Crippen LogP contribution is 2.14.